The minimum Gasteiger partial charge on any atom is -0.393 e. The molecular formula is C12H24ClNO4. The standard InChI is InChI=1S/C12H24ClNO4/c1-8(2)10(4,14-13)12(6,17)11(5,16)9(3,7-15)18-8/h14-17H,7H2,1-6H3/t9?,10-,11-,12+/m1/s1. The summed E-state index contributed by atoms with van der Waals surface area (Å²) in [7, 11) is 0. The molecule has 4 N–H and O–H groups in total. The molecule has 18 heavy (non-hydrogen) atoms. The van der Waals surface area contributed by atoms with Gasteiger partial charge in [-0.1, -0.05) is 0 Å². The average Bonchev–Trinajstić information content (AvgIpc) is 2.24. The largest absolute Gasteiger partial charge is 0.393 e. The summed E-state index contributed by atoms with van der Waals surface area (Å²) >= 11 is 5.79. The molecule has 0 radical (unpaired) electrons. The average molecular weight is 282 g/mol. The molecule has 1 unspecified atom stereocenters. The van der Waals surface area contributed by atoms with Crippen LogP contribution in [0.2, 0.25) is 0 Å². The first-order valence-corrected chi connectivity index (χ1v) is 6.34. The number of rotatable bonds is 2. The highest BCUT2D eigenvalue weighted by Gasteiger charge is 2.72. The van der Waals surface area contributed by atoms with Crippen molar-refractivity contribution in [2.75, 3.05) is 6.61 Å². The minimum atomic E-state index is -1.69. The first-order valence-electron chi connectivity index (χ1n) is 5.96. The molecule has 5 nitrogen and oxygen atoms in total. The van der Waals surface area contributed by atoms with Crippen LogP contribution >= 0.6 is 11.8 Å². The Balaban J connectivity index is 3.50. The van der Waals surface area contributed by atoms with Crippen LogP contribution in [0.25, 0.3) is 0 Å². The molecular weight excluding hydrogens is 258 g/mol. The van der Waals surface area contributed by atoms with Gasteiger partial charge in [0.05, 0.1) is 17.7 Å². The van der Waals surface area contributed by atoms with Crippen molar-refractivity contribution in [2.24, 2.45) is 0 Å². The van der Waals surface area contributed by atoms with E-state index in [9.17, 15) is 15.3 Å². The van der Waals surface area contributed by atoms with Crippen molar-refractivity contribution < 1.29 is 20.1 Å². The van der Waals surface area contributed by atoms with Gasteiger partial charge in [-0.25, -0.2) is 4.84 Å². The Morgan fingerprint density at radius 3 is 1.78 bits per heavy atom. The molecule has 1 heterocycles. The van der Waals surface area contributed by atoms with Crippen molar-refractivity contribution >= 4 is 11.8 Å². The third kappa shape index (κ3) is 1.58. The lowest BCUT2D eigenvalue weighted by molar-refractivity contribution is -0.362. The van der Waals surface area contributed by atoms with Gasteiger partial charge in [-0.15, -0.1) is 0 Å². The van der Waals surface area contributed by atoms with Crippen LogP contribution in [-0.4, -0.2) is 49.9 Å². The molecule has 1 aliphatic heterocycles. The van der Waals surface area contributed by atoms with Crippen LogP contribution in [0.5, 0.6) is 0 Å². The minimum absolute atomic E-state index is 0.419. The van der Waals surface area contributed by atoms with Crippen molar-refractivity contribution in [2.45, 2.75) is 69.5 Å². The monoisotopic (exact) mass is 281 g/mol. The van der Waals surface area contributed by atoms with E-state index in [-0.39, 0.29) is 0 Å². The van der Waals surface area contributed by atoms with E-state index in [1.165, 1.54) is 13.8 Å². The maximum atomic E-state index is 10.8. The summed E-state index contributed by atoms with van der Waals surface area (Å²) in [4.78, 5) is 2.53. The number of aliphatic hydroxyl groups is 3. The van der Waals surface area contributed by atoms with Crippen molar-refractivity contribution in [1.82, 2.24) is 4.84 Å². The van der Waals surface area contributed by atoms with Crippen LogP contribution in [0.4, 0.5) is 0 Å². The summed E-state index contributed by atoms with van der Waals surface area (Å²) in [5.74, 6) is 0. The van der Waals surface area contributed by atoms with Crippen LogP contribution in [0.1, 0.15) is 41.5 Å². The molecule has 0 aromatic rings. The quantitative estimate of drug-likeness (QED) is 0.556. The highest BCUT2D eigenvalue weighted by molar-refractivity contribution is 6.14. The number of ether oxygens (including phenoxy) is 1. The first-order chi connectivity index (χ1) is 7.83. The SMILES string of the molecule is CC1(CO)OC(C)(C)[C@@](C)(NCl)[C@](C)(O)[C@]1(C)O. The van der Waals surface area contributed by atoms with E-state index >= 15 is 0 Å². The van der Waals surface area contributed by atoms with E-state index in [4.69, 9.17) is 16.5 Å². The Morgan fingerprint density at radius 1 is 1.00 bits per heavy atom. The van der Waals surface area contributed by atoms with Crippen LogP contribution in [0.3, 0.4) is 0 Å². The van der Waals surface area contributed by atoms with Gasteiger partial charge in [0.2, 0.25) is 0 Å². The summed E-state index contributed by atoms with van der Waals surface area (Å²) in [6.07, 6.45) is 0. The van der Waals surface area contributed by atoms with Crippen LogP contribution in [0, 0.1) is 0 Å². The van der Waals surface area contributed by atoms with Gasteiger partial charge >= 0.3 is 0 Å². The molecule has 6 heteroatoms. The fourth-order valence-electron chi connectivity index (χ4n) is 2.74. The summed E-state index contributed by atoms with van der Waals surface area (Å²) in [5.41, 5.74) is -6.63. The molecule has 0 aliphatic carbocycles. The molecule has 0 amide bonds. The normalized spacial score (nSPS) is 52.3. The summed E-state index contributed by atoms with van der Waals surface area (Å²) < 4.78 is 5.86. The van der Waals surface area contributed by atoms with Gasteiger partial charge in [0.25, 0.3) is 0 Å². The zero-order valence-electron chi connectivity index (χ0n) is 11.8. The number of hydrogen-bond donors (Lipinski definition) is 4. The highest BCUT2D eigenvalue weighted by Crippen LogP contribution is 2.53. The van der Waals surface area contributed by atoms with E-state index in [1.54, 1.807) is 27.7 Å². The molecule has 1 fully saturated rings. The number of aliphatic hydroxyl groups excluding tert-OH is 1. The number of halogens is 1. The summed E-state index contributed by atoms with van der Waals surface area (Å²) in [6, 6.07) is 0. The van der Waals surface area contributed by atoms with Gasteiger partial charge in [0.15, 0.2) is 0 Å². The number of nitrogens with one attached hydrogen (secondary N) is 1. The second-order valence-corrected chi connectivity index (χ2v) is 6.55. The Bertz CT molecular complexity index is 345. The van der Waals surface area contributed by atoms with E-state index < -0.39 is 34.6 Å². The van der Waals surface area contributed by atoms with E-state index in [0.29, 0.717) is 0 Å². The lowest BCUT2D eigenvalue weighted by Gasteiger charge is -2.66. The van der Waals surface area contributed by atoms with Crippen molar-refractivity contribution in [3.05, 3.63) is 0 Å². The second kappa shape index (κ2) is 4.04. The Hall–Kier alpha value is 0.0900. The maximum absolute atomic E-state index is 10.8. The highest BCUT2D eigenvalue weighted by atomic mass is 35.5. The lowest BCUT2D eigenvalue weighted by atomic mass is 9.57. The topological polar surface area (TPSA) is 82.0 Å². The molecule has 108 valence electrons. The van der Waals surface area contributed by atoms with Gasteiger partial charge in [-0.3, -0.25) is 0 Å². The zero-order chi connectivity index (χ0) is 14.6. The van der Waals surface area contributed by atoms with Gasteiger partial charge in [-0.2, -0.15) is 0 Å². The smallest absolute Gasteiger partial charge is 0.123 e. The molecule has 0 aromatic carbocycles. The first kappa shape index (κ1) is 16.1. The predicted molar refractivity (Wildman–Crippen MR) is 69.3 cm³/mol. The van der Waals surface area contributed by atoms with Gasteiger partial charge in [0.1, 0.15) is 16.8 Å². The molecule has 4 atom stereocenters. The fraction of sp³-hybridized carbons (Fsp3) is 1.00. The molecule has 1 aliphatic rings. The van der Waals surface area contributed by atoms with Gasteiger partial charge in [-0.05, 0) is 53.3 Å². The molecule has 1 saturated heterocycles. The molecule has 0 saturated carbocycles. The van der Waals surface area contributed by atoms with Gasteiger partial charge in [0, 0.05) is 0 Å². The fourth-order valence-corrected chi connectivity index (χ4v) is 3.16. The Kier molecular flexibility index (Phi) is 3.62. The molecule has 0 bridgehead atoms. The maximum Gasteiger partial charge on any atom is 0.123 e. The summed E-state index contributed by atoms with van der Waals surface area (Å²) in [6.45, 7) is 9.24. The Morgan fingerprint density at radius 2 is 1.44 bits per heavy atom. The second-order valence-electron chi connectivity index (χ2n) is 6.37. The predicted octanol–water partition coefficient (Wildman–Crippen LogP) is 0.550. The van der Waals surface area contributed by atoms with E-state index in [2.05, 4.69) is 4.84 Å². The molecule has 1 rings (SSSR count). The zero-order valence-corrected chi connectivity index (χ0v) is 12.6. The Labute approximate surface area is 113 Å². The van der Waals surface area contributed by atoms with Crippen molar-refractivity contribution in [1.29, 1.82) is 0 Å². The van der Waals surface area contributed by atoms with Crippen molar-refractivity contribution in [3.63, 3.8) is 0 Å². The van der Waals surface area contributed by atoms with Gasteiger partial charge < -0.3 is 20.1 Å². The number of hydrogen-bond acceptors (Lipinski definition) is 5. The van der Waals surface area contributed by atoms with Crippen molar-refractivity contribution in [3.8, 4) is 0 Å². The third-order valence-electron chi connectivity index (χ3n) is 5.13. The van der Waals surface area contributed by atoms with E-state index in [1.807, 2.05) is 0 Å². The van der Waals surface area contributed by atoms with E-state index in [0.717, 1.165) is 0 Å². The summed E-state index contributed by atoms with van der Waals surface area (Å²) in [5, 5.41) is 31.1. The lowest BCUT2D eigenvalue weighted by Crippen LogP contribution is -2.86. The van der Waals surface area contributed by atoms with Crippen LogP contribution in [-0.2, 0) is 4.74 Å². The third-order valence-corrected chi connectivity index (χ3v) is 5.50. The molecule has 0 aromatic heterocycles. The van der Waals surface area contributed by atoms with Crippen LogP contribution in [0.15, 0.2) is 0 Å². The molecule has 0 spiro atoms. The van der Waals surface area contributed by atoms with Crippen LogP contribution < -0.4 is 4.84 Å².